The molecule has 6 rings (SSSR count). The van der Waals surface area contributed by atoms with Gasteiger partial charge in [0.2, 0.25) is 11.8 Å². The monoisotopic (exact) mass is 526 g/mol. The number of alkyl halides is 3. The highest BCUT2D eigenvalue weighted by Gasteiger charge is 2.49. The highest BCUT2D eigenvalue weighted by molar-refractivity contribution is 7.13. The molecule has 3 aliphatic carbocycles. The van der Waals surface area contributed by atoms with E-state index in [4.69, 9.17) is 9.15 Å². The Bertz CT molecular complexity index is 1030. The maximum absolute atomic E-state index is 12.7. The average Bonchev–Trinajstić information content (AvgIpc) is 3.37. The fourth-order valence-corrected chi connectivity index (χ4v) is 7.19. The van der Waals surface area contributed by atoms with Gasteiger partial charge in [-0.05, 0) is 68.7 Å². The van der Waals surface area contributed by atoms with Gasteiger partial charge in [-0.2, -0.15) is 13.2 Å². The molecule has 36 heavy (non-hydrogen) atoms. The van der Waals surface area contributed by atoms with Gasteiger partial charge in [-0.3, -0.25) is 4.79 Å². The molecule has 3 heterocycles. The quantitative estimate of drug-likeness (QED) is 0.449. The number of rotatable bonds is 9. The summed E-state index contributed by atoms with van der Waals surface area (Å²) < 4.78 is 47.5. The summed E-state index contributed by atoms with van der Waals surface area (Å²) in [7, 11) is 0. The number of nitrogens with zero attached hydrogens (tertiary/aromatic N) is 4. The second-order valence-corrected chi connectivity index (χ2v) is 12.0. The van der Waals surface area contributed by atoms with Gasteiger partial charge in [-0.1, -0.05) is 11.3 Å². The van der Waals surface area contributed by atoms with Gasteiger partial charge in [-0.15, -0.1) is 10.2 Å². The first-order valence-electron chi connectivity index (χ1n) is 12.8. The van der Waals surface area contributed by atoms with Gasteiger partial charge in [0.25, 0.3) is 5.19 Å². The smallest absolute Gasteiger partial charge is 0.422 e. The molecule has 0 N–H and O–H groups in total. The second kappa shape index (κ2) is 10.0. The number of fused-ring (bicyclic) bond motifs is 4. The molecule has 1 aliphatic heterocycles. The lowest BCUT2D eigenvalue weighted by Crippen LogP contribution is -2.44. The Morgan fingerprint density at radius 3 is 2.44 bits per heavy atom. The fourth-order valence-electron chi connectivity index (χ4n) is 6.25. The number of carbonyl (C=O) groups is 1. The summed E-state index contributed by atoms with van der Waals surface area (Å²) in [6, 6.07) is 0. The van der Waals surface area contributed by atoms with Crippen molar-refractivity contribution in [1.82, 2.24) is 20.1 Å². The van der Waals surface area contributed by atoms with Crippen molar-refractivity contribution in [3.05, 3.63) is 22.4 Å². The Labute approximate surface area is 212 Å². The Hall–Kier alpha value is -2.01. The Morgan fingerprint density at radius 2 is 1.78 bits per heavy atom. The largest absolute Gasteiger partial charge is 0.460 e. The number of halogens is 3. The lowest BCUT2D eigenvalue weighted by atomic mass is 9.51. The van der Waals surface area contributed by atoms with Gasteiger partial charge in [0.05, 0.1) is 12.1 Å². The van der Waals surface area contributed by atoms with Crippen LogP contribution in [0.1, 0.15) is 73.7 Å². The van der Waals surface area contributed by atoms with E-state index in [1.54, 1.807) is 6.92 Å². The number of aromatic nitrogens is 3. The average molecular weight is 527 g/mol. The molecule has 3 fully saturated rings. The van der Waals surface area contributed by atoms with E-state index in [1.165, 1.54) is 37.0 Å². The number of ketones is 1. The molecule has 2 bridgehead atoms. The van der Waals surface area contributed by atoms with Crippen molar-refractivity contribution in [2.75, 3.05) is 26.2 Å². The highest BCUT2D eigenvalue weighted by atomic mass is 32.1. The summed E-state index contributed by atoms with van der Waals surface area (Å²) in [4.78, 5) is 20.5. The van der Waals surface area contributed by atoms with Gasteiger partial charge < -0.3 is 14.1 Å². The van der Waals surface area contributed by atoms with Crippen LogP contribution >= 0.6 is 11.3 Å². The molecular weight excluding hydrogens is 493 g/mol. The lowest BCUT2D eigenvalue weighted by molar-refractivity contribution is -0.153. The van der Waals surface area contributed by atoms with Crippen molar-refractivity contribution in [1.29, 1.82) is 0 Å². The van der Waals surface area contributed by atoms with E-state index in [9.17, 15) is 18.0 Å². The van der Waals surface area contributed by atoms with Crippen LogP contribution in [0.4, 0.5) is 13.2 Å². The first-order chi connectivity index (χ1) is 17.1. The Kier molecular flexibility index (Phi) is 7.15. The molecule has 0 aromatic carbocycles. The minimum Gasteiger partial charge on any atom is -0.460 e. The third-order valence-electron chi connectivity index (χ3n) is 8.44. The molecule has 198 valence electrons. The van der Waals surface area contributed by atoms with Gasteiger partial charge >= 0.3 is 6.18 Å². The van der Waals surface area contributed by atoms with Crippen LogP contribution in [0.3, 0.4) is 0 Å². The van der Waals surface area contributed by atoms with Crippen LogP contribution in [-0.2, 0) is 24.1 Å². The fraction of sp³-hybridized carbons (Fsp3) is 0.760. The number of aryl methyl sites for hydroxylation is 1. The zero-order valence-electron chi connectivity index (χ0n) is 20.7. The number of thiazole rings is 1. The van der Waals surface area contributed by atoms with Crippen LogP contribution in [0.25, 0.3) is 0 Å². The first kappa shape index (κ1) is 25.6. The lowest BCUT2D eigenvalue weighted by Gasteiger charge is -2.54. The van der Waals surface area contributed by atoms with Crippen LogP contribution in [0.5, 0.6) is 5.19 Å². The maximum atomic E-state index is 12.7. The summed E-state index contributed by atoms with van der Waals surface area (Å²) in [5, 5.41) is 7.91. The summed E-state index contributed by atoms with van der Waals surface area (Å²) in [6.07, 6.45) is 6.11. The Morgan fingerprint density at radius 1 is 1.08 bits per heavy atom. The van der Waals surface area contributed by atoms with Crippen molar-refractivity contribution in [3.63, 3.8) is 0 Å². The SMILES string of the molecule is Cc1nnc(CC(=O)CC23CCC(CCN4CCc5nc(OCC(F)(F)F)sc5CC4)(CC2)CC3)o1. The van der Waals surface area contributed by atoms with E-state index in [2.05, 4.69) is 20.1 Å². The predicted octanol–water partition coefficient (Wildman–Crippen LogP) is 5.11. The maximum Gasteiger partial charge on any atom is 0.422 e. The number of hydrogen-bond acceptors (Lipinski definition) is 8. The van der Waals surface area contributed by atoms with Crippen molar-refractivity contribution >= 4 is 17.1 Å². The molecule has 4 aliphatic rings. The molecule has 0 atom stereocenters. The minimum atomic E-state index is -4.35. The summed E-state index contributed by atoms with van der Waals surface area (Å²) in [5.74, 6) is 1.11. The zero-order valence-corrected chi connectivity index (χ0v) is 21.5. The van der Waals surface area contributed by atoms with E-state index in [0.717, 1.165) is 62.3 Å². The summed E-state index contributed by atoms with van der Waals surface area (Å²) >= 11 is 1.25. The Balaban J connectivity index is 1.07. The number of carbonyl (C=O) groups excluding carboxylic acids is 1. The normalized spacial score (nSPS) is 26.6. The van der Waals surface area contributed by atoms with Gasteiger partial charge in [0.1, 0.15) is 5.78 Å². The molecule has 0 amide bonds. The summed E-state index contributed by atoms with van der Waals surface area (Å²) in [6.45, 7) is 3.25. The standard InChI is InChI=1S/C25H33F3N4O3S/c1-17-30-31-21(35-17)14-18(33)15-24-7-4-23(5-8-24,6-9-24)10-13-32-11-2-19-20(3-12-32)36-22(29-19)34-16-25(26,27)28/h2-16H2,1H3. The zero-order chi connectivity index (χ0) is 25.4. The highest BCUT2D eigenvalue weighted by Crippen LogP contribution is 2.59. The van der Waals surface area contributed by atoms with Crippen molar-refractivity contribution in [3.8, 4) is 5.19 Å². The van der Waals surface area contributed by atoms with E-state index >= 15 is 0 Å². The molecule has 0 spiro atoms. The number of Topliss-reactive ketones (excluding diaryl/α,β-unsaturated/α-hetero) is 1. The van der Waals surface area contributed by atoms with Gasteiger partial charge in [-0.25, -0.2) is 4.98 Å². The molecule has 7 nitrogen and oxygen atoms in total. The molecule has 0 radical (unpaired) electrons. The van der Waals surface area contributed by atoms with Crippen LogP contribution in [0, 0.1) is 17.8 Å². The van der Waals surface area contributed by atoms with Gasteiger partial charge in [0.15, 0.2) is 6.61 Å². The molecule has 0 unspecified atom stereocenters. The van der Waals surface area contributed by atoms with Crippen molar-refractivity contribution in [2.24, 2.45) is 10.8 Å². The van der Waals surface area contributed by atoms with E-state index < -0.39 is 12.8 Å². The third kappa shape index (κ3) is 6.10. The minimum absolute atomic E-state index is 0.128. The first-order valence-corrected chi connectivity index (χ1v) is 13.6. The van der Waals surface area contributed by atoms with Crippen LogP contribution in [0.2, 0.25) is 0 Å². The molecule has 2 aromatic rings. The second-order valence-electron chi connectivity index (χ2n) is 11.0. The number of hydrogen-bond donors (Lipinski definition) is 0. The van der Waals surface area contributed by atoms with Crippen LogP contribution < -0.4 is 4.74 Å². The summed E-state index contributed by atoms with van der Waals surface area (Å²) in [5.41, 5.74) is 1.41. The van der Waals surface area contributed by atoms with Crippen molar-refractivity contribution < 1.29 is 27.1 Å². The molecule has 2 aromatic heterocycles. The van der Waals surface area contributed by atoms with E-state index in [1.807, 2.05) is 0 Å². The van der Waals surface area contributed by atoms with E-state index in [0.29, 0.717) is 23.6 Å². The molecule has 3 saturated carbocycles. The molecule has 0 saturated heterocycles. The molecular formula is C25H33F3N4O3S. The van der Waals surface area contributed by atoms with Crippen LogP contribution in [-0.4, -0.2) is 58.3 Å². The number of ether oxygens (including phenoxy) is 1. The molecule has 11 heteroatoms. The van der Waals surface area contributed by atoms with Crippen LogP contribution in [0.15, 0.2) is 4.42 Å². The third-order valence-corrected chi connectivity index (χ3v) is 9.51. The topological polar surface area (TPSA) is 81.4 Å². The van der Waals surface area contributed by atoms with E-state index in [-0.39, 0.29) is 22.8 Å². The van der Waals surface area contributed by atoms with Gasteiger partial charge in [0, 0.05) is 37.7 Å². The predicted molar refractivity (Wildman–Crippen MR) is 127 cm³/mol. The van der Waals surface area contributed by atoms with Crippen molar-refractivity contribution in [2.45, 2.75) is 83.7 Å².